The predicted octanol–water partition coefficient (Wildman–Crippen LogP) is 4.30. The minimum Gasteiger partial charge on any atom is -0.452 e. The van der Waals surface area contributed by atoms with Crippen molar-refractivity contribution in [3.8, 4) is 0 Å². The van der Waals surface area contributed by atoms with Gasteiger partial charge in [0, 0.05) is 18.1 Å². The van der Waals surface area contributed by atoms with Gasteiger partial charge in [-0.1, -0.05) is 6.92 Å². The fourth-order valence-corrected chi connectivity index (χ4v) is 4.33. The molecule has 1 aromatic heterocycles. The van der Waals surface area contributed by atoms with E-state index < -0.39 is 0 Å². The van der Waals surface area contributed by atoms with Gasteiger partial charge in [0.2, 0.25) is 0 Å². The molecule has 5 heteroatoms. The van der Waals surface area contributed by atoms with Crippen molar-refractivity contribution in [1.29, 1.82) is 0 Å². The van der Waals surface area contributed by atoms with Crippen molar-refractivity contribution < 1.29 is 4.42 Å². The molecule has 2 bridgehead atoms. The number of piperidine rings is 1. The van der Waals surface area contributed by atoms with E-state index in [0.717, 1.165) is 40.1 Å². The van der Waals surface area contributed by atoms with E-state index in [9.17, 15) is 0 Å². The van der Waals surface area contributed by atoms with Crippen molar-refractivity contribution in [1.82, 2.24) is 10.2 Å². The quantitative estimate of drug-likeness (QED) is 0.791. The number of hydrogen-bond donors (Lipinski definition) is 1. The van der Waals surface area contributed by atoms with Crippen LogP contribution in [0.1, 0.15) is 44.8 Å². The van der Waals surface area contributed by atoms with Gasteiger partial charge in [-0.15, -0.1) is 0 Å². The Morgan fingerprint density at radius 3 is 2.55 bits per heavy atom. The first-order valence-electron chi connectivity index (χ1n) is 7.59. The second-order valence-electron chi connectivity index (χ2n) is 6.07. The molecule has 0 aromatic carbocycles. The summed E-state index contributed by atoms with van der Waals surface area (Å²) in [6.45, 7) is 4.33. The Labute approximate surface area is 137 Å². The van der Waals surface area contributed by atoms with Gasteiger partial charge in [0.1, 0.15) is 5.76 Å². The highest BCUT2D eigenvalue weighted by atomic mass is 79.9. The molecule has 3 nitrogen and oxygen atoms in total. The van der Waals surface area contributed by atoms with Crippen LogP contribution in [0.15, 0.2) is 19.6 Å². The lowest BCUT2D eigenvalue weighted by Crippen LogP contribution is -2.48. The van der Waals surface area contributed by atoms with Gasteiger partial charge in [0.25, 0.3) is 0 Å². The molecular formula is C15H22Br2N2O. The average Bonchev–Trinajstić information content (AvgIpc) is 2.92. The lowest BCUT2D eigenvalue weighted by molar-refractivity contribution is 0.125. The van der Waals surface area contributed by atoms with Gasteiger partial charge in [-0.05, 0) is 76.6 Å². The van der Waals surface area contributed by atoms with Gasteiger partial charge < -0.3 is 9.73 Å². The van der Waals surface area contributed by atoms with Crippen LogP contribution in [0.2, 0.25) is 0 Å². The molecule has 1 N–H and O–H groups in total. The summed E-state index contributed by atoms with van der Waals surface area (Å²) in [5.74, 6) is 1.04. The van der Waals surface area contributed by atoms with Crippen LogP contribution >= 0.6 is 31.9 Å². The lowest BCUT2D eigenvalue weighted by Gasteiger charge is -2.37. The molecular weight excluding hydrogens is 384 g/mol. The number of fused-ring (bicyclic) bond motifs is 2. The summed E-state index contributed by atoms with van der Waals surface area (Å²) in [7, 11) is 0. The third-order valence-electron chi connectivity index (χ3n) is 4.53. The molecule has 0 amide bonds. The minimum absolute atomic E-state index is 0.705. The van der Waals surface area contributed by atoms with Gasteiger partial charge in [-0.3, -0.25) is 4.90 Å². The van der Waals surface area contributed by atoms with E-state index in [1.54, 1.807) is 0 Å². The van der Waals surface area contributed by atoms with E-state index in [1.807, 2.05) is 0 Å². The number of furan rings is 1. The smallest absolute Gasteiger partial charge is 0.183 e. The van der Waals surface area contributed by atoms with Gasteiger partial charge in [0.05, 0.1) is 11.0 Å². The minimum atomic E-state index is 0.705. The Kier molecular flexibility index (Phi) is 4.90. The monoisotopic (exact) mass is 404 g/mol. The van der Waals surface area contributed by atoms with Gasteiger partial charge in [0.15, 0.2) is 4.67 Å². The first-order valence-corrected chi connectivity index (χ1v) is 9.18. The number of nitrogens with one attached hydrogen (secondary N) is 1. The molecule has 0 radical (unpaired) electrons. The number of nitrogens with zero attached hydrogens (tertiary/aromatic N) is 1. The first kappa shape index (κ1) is 15.1. The van der Waals surface area contributed by atoms with E-state index in [4.69, 9.17) is 4.42 Å². The van der Waals surface area contributed by atoms with Crippen LogP contribution < -0.4 is 5.32 Å². The summed E-state index contributed by atoms with van der Waals surface area (Å²) < 4.78 is 7.57. The third-order valence-corrected chi connectivity index (χ3v) is 6.24. The first-order chi connectivity index (χ1) is 9.65. The summed E-state index contributed by atoms with van der Waals surface area (Å²) in [4.78, 5) is 2.61. The number of halogens is 2. The zero-order valence-corrected chi connectivity index (χ0v) is 15.0. The van der Waals surface area contributed by atoms with Crippen LogP contribution in [0, 0.1) is 0 Å². The summed E-state index contributed by atoms with van der Waals surface area (Å²) in [5.41, 5.74) is 0. The van der Waals surface area contributed by atoms with Gasteiger partial charge in [-0.2, -0.15) is 0 Å². The van der Waals surface area contributed by atoms with Crippen molar-refractivity contribution >= 4 is 31.9 Å². The predicted molar refractivity (Wildman–Crippen MR) is 87.8 cm³/mol. The van der Waals surface area contributed by atoms with E-state index in [-0.39, 0.29) is 0 Å². The second-order valence-corrected chi connectivity index (χ2v) is 7.64. The largest absolute Gasteiger partial charge is 0.452 e. The van der Waals surface area contributed by atoms with Crippen molar-refractivity contribution in [2.75, 3.05) is 6.54 Å². The Morgan fingerprint density at radius 2 is 2.00 bits per heavy atom. The van der Waals surface area contributed by atoms with E-state index in [1.165, 1.54) is 32.1 Å². The maximum absolute atomic E-state index is 5.76. The van der Waals surface area contributed by atoms with Crippen molar-refractivity contribution in [2.45, 2.75) is 63.7 Å². The number of hydrogen-bond acceptors (Lipinski definition) is 3. The molecule has 0 aliphatic carbocycles. The standard InChI is InChI=1S/C15H22Br2N2O/c1-2-5-19(9-13-8-14(16)15(17)20-13)12-6-10-3-4-11(7-12)18-10/h8,10-12,18H,2-7,9H2,1H3. The highest BCUT2D eigenvalue weighted by Crippen LogP contribution is 2.32. The normalized spacial score (nSPS) is 29.3. The van der Waals surface area contributed by atoms with Gasteiger partial charge >= 0.3 is 0 Å². The maximum Gasteiger partial charge on any atom is 0.183 e. The molecule has 1 aromatic rings. The Morgan fingerprint density at radius 1 is 1.30 bits per heavy atom. The molecule has 20 heavy (non-hydrogen) atoms. The highest BCUT2D eigenvalue weighted by Gasteiger charge is 2.36. The molecule has 112 valence electrons. The second kappa shape index (κ2) is 6.51. The zero-order valence-electron chi connectivity index (χ0n) is 11.9. The molecule has 0 spiro atoms. The van der Waals surface area contributed by atoms with Crippen LogP contribution in [-0.4, -0.2) is 29.6 Å². The van der Waals surface area contributed by atoms with Gasteiger partial charge in [-0.25, -0.2) is 0 Å². The van der Waals surface area contributed by atoms with Crippen LogP contribution in [0.3, 0.4) is 0 Å². The Bertz CT molecular complexity index is 431. The van der Waals surface area contributed by atoms with Crippen LogP contribution in [0.5, 0.6) is 0 Å². The fraction of sp³-hybridized carbons (Fsp3) is 0.733. The third kappa shape index (κ3) is 3.32. The Hall–Kier alpha value is 0.160. The van der Waals surface area contributed by atoms with Crippen LogP contribution in [0.4, 0.5) is 0 Å². The summed E-state index contributed by atoms with van der Waals surface area (Å²) in [5, 5.41) is 3.73. The molecule has 2 aliphatic heterocycles. The molecule has 2 aliphatic rings. The summed E-state index contributed by atoms with van der Waals surface area (Å²) in [6, 6.07) is 4.28. The van der Waals surface area contributed by atoms with E-state index in [2.05, 4.69) is 55.1 Å². The molecule has 0 saturated carbocycles. The maximum atomic E-state index is 5.76. The van der Waals surface area contributed by atoms with Crippen molar-refractivity contribution in [3.63, 3.8) is 0 Å². The molecule has 2 saturated heterocycles. The lowest BCUT2D eigenvalue weighted by atomic mass is 9.98. The SMILES string of the molecule is CCCN(Cc1cc(Br)c(Br)o1)C1CC2CCC(C1)N2. The van der Waals surface area contributed by atoms with E-state index in [0.29, 0.717) is 6.04 Å². The van der Waals surface area contributed by atoms with Crippen LogP contribution in [0.25, 0.3) is 0 Å². The van der Waals surface area contributed by atoms with Crippen molar-refractivity contribution in [2.24, 2.45) is 0 Å². The van der Waals surface area contributed by atoms with Crippen LogP contribution in [-0.2, 0) is 6.54 Å². The molecule has 2 atom stereocenters. The molecule has 3 rings (SSSR count). The zero-order chi connectivity index (χ0) is 14.1. The topological polar surface area (TPSA) is 28.4 Å². The average molecular weight is 406 g/mol. The summed E-state index contributed by atoms with van der Waals surface area (Å²) >= 11 is 6.93. The molecule has 2 unspecified atom stereocenters. The van der Waals surface area contributed by atoms with Crippen molar-refractivity contribution in [3.05, 3.63) is 21.0 Å². The summed E-state index contributed by atoms with van der Waals surface area (Å²) in [6.07, 6.45) is 6.50. The number of rotatable bonds is 5. The molecule has 3 heterocycles. The fourth-order valence-electron chi connectivity index (χ4n) is 3.67. The highest BCUT2D eigenvalue weighted by molar-refractivity contribution is 9.13. The molecule has 2 fully saturated rings. The van der Waals surface area contributed by atoms with E-state index >= 15 is 0 Å². The Balaban J connectivity index is 1.68.